The average Bonchev–Trinajstić information content (AvgIpc) is 3.28. The summed E-state index contributed by atoms with van der Waals surface area (Å²) in [6.45, 7) is 1.20. The van der Waals surface area contributed by atoms with E-state index in [0.29, 0.717) is 44.4 Å². The Hall–Kier alpha value is -1.50. The van der Waals surface area contributed by atoms with Crippen molar-refractivity contribution in [3.63, 3.8) is 0 Å². The molecule has 12 heteroatoms. The number of thioether (sulfide) groups is 1. The summed E-state index contributed by atoms with van der Waals surface area (Å²) >= 11 is 5.50. The van der Waals surface area contributed by atoms with Crippen molar-refractivity contribution in [2.75, 3.05) is 30.9 Å². The zero-order valence-corrected chi connectivity index (χ0v) is 19.6. The summed E-state index contributed by atoms with van der Waals surface area (Å²) in [6, 6.07) is -3.20. The molecule has 10 nitrogen and oxygen atoms in total. The minimum Gasteiger partial charge on any atom is -0.480 e. The van der Waals surface area contributed by atoms with Crippen molar-refractivity contribution in [2.45, 2.75) is 62.7 Å². The fourth-order valence-corrected chi connectivity index (χ4v) is 3.90. The zero-order chi connectivity index (χ0) is 23.2. The molecule has 0 aromatic carbocycles. The van der Waals surface area contributed by atoms with E-state index in [2.05, 4.69) is 33.9 Å². The third-order valence-corrected chi connectivity index (χ3v) is 6.01. The number of unbranched alkanes of at least 4 members (excludes halogenated alkanes) is 1. The maximum atomic E-state index is 12.9. The van der Waals surface area contributed by atoms with Gasteiger partial charge in [-0.15, -0.1) is 0 Å². The molecule has 0 saturated carbocycles. The molecule has 178 valence electrons. The van der Waals surface area contributed by atoms with Crippen molar-refractivity contribution >= 4 is 48.1 Å². The van der Waals surface area contributed by atoms with Gasteiger partial charge in [-0.05, 0) is 63.6 Å². The number of aliphatic carboxylic acids is 1. The lowest BCUT2D eigenvalue weighted by atomic mass is 10.1. The van der Waals surface area contributed by atoms with Gasteiger partial charge in [0, 0.05) is 5.75 Å². The van der Waals surface area contributed by atoms with Crippen LogP contribution >= 0.6 is 24.4 Å². The summed E-state index contributed by atoms with van der Waals surface area (Å²) in [4.78, 5) is 49.3. The summed E-state index contributed by atoms with van der Waals surface area (Å²) in [5, 5.41) is 20.2. The van der Waals surface area contributed by atoms with Crippen molar-refractivity contribution < 1.29 is 24.3 Å². The average molecular weight is 478 g/mol. The number of hydrogen-bond donors (Lipinski definition) is 7. The van der Waals surface area contributed by atoms with E-state index in [1.54, 1.807) is 11.8 Å². The summed E-state index contributed by atoms with van der Waals surface area (Å²) in [6.07, 6.45) is 5.49. The largest absolute Gasteiger partial charge is 0.480 e. The van der Waals surface area contributed by atoms with E-state index in [1.807, 2.05) is 6.26 Å². The number of carbonyl (C=O) groups excluding carboxylic acids is 3. The molecular weight excluding hydrogens is 442 g/mol. The van der Waals surface area contributed by atoms with Crippen LogP contribution in [-0.4, -0.2) is 83.8 Å². The molecule has 0 bridgehead atoms. The lowest BCUT2D eigenvalue weighted by Crippen LogP contribution is -2.57. The van der Waals surface area contributed by atoms with Gasteiger partial charge in [-0.2, -0.15) is 24.4 Å². The molecule has 0 spiro atoms. The van der Waals surface area contributed by atoms with Crippen LogP contribution in [-0.2, 0) is 19.2 Å². The maximum Gasteiger partial charge on any atom is 0.327 e. The molecular formula is C19H35N5O5S2. The Bertz CT molecular complexity index is 604. The number of carboxylic acids is 1. The number of amides is 3. The van der Waals surface area contributed by atoms with Crippen LogP contribution in [0.3, 0.4) is 0 Å². The lowest BCUT2D eigenvalue weighted by Gasteiger charge is -2.25. The highest BCUT2D eigenvalue weighted by atomic mass is 32.2. The molecule has 0 aromatic heterocycles. The number of thiol groups is 1. The second kappa shape index (κ2) is 15.3. The third-order valence-electron chi connectivity index (χ3n) is 5.00. The first kappa shape index (κ1) is 27.5. The molecule has 0 radical (unpaired) electrons. The molecule has 1 aliphatic rings. The Kier molecular flexibility index (Phi) is 13.6. The lowest BCUT2D eigenvalue weighted by molar-refractivity contribution is -0.141. The van der Waals surface area contributed by atoms with Gasteiger partial charge in [-0.3, -0.25) is 14.4 Å². The normalized spacial score (nSPS) is 18.6. The number of carbonyl (C=O) groups is 4. The van der Waals surface area contributed by atoms with E-state index in [4.69, 9.17) is 10.8 Å². The second-order valence-corrected chi connectivity index (χ2v) is 8.77. The minimum absolute atomic E-state index is 0.0780. The fraction of sp³-hybridized carbons (Fsp3) is 0.789. The van der Waals surface area contributed by atoms with Gasteiger partial charge in [0.2, 0.25) is 17.7 Å². The molecule has 0 aliphatic carbocycles. The molecule has 1 fully saturated rings. The molecule has 1 rings (SSSR count). The SMILES string of the molecule is CSCCC(NC(=O)C1CCCN1)C(=O)NC(CCCCN)C(=O)NC(CS)C(=O)O. The predicted octanol–water partition coefficient (Wildman–Crippen LogP) is -0.911. The first-order chi connectivity index (χ1) is 14.8. The molecule has 7 N–H and O–H groups in total. The van der Waals surface area contributed by atoms with E-state index in [9.17, 15) is 19.2 Å². The number of nitrogens with one attached hydrogen (secondary N) is 4. The molecule has 1 heterocycles. The first-order valence-electron chi connectivity index (χ1n) is 10.5. The van der Waals surface area contributed by atoms with Crippen LogP contribution in [0.5, 0.6) is 0 Å². The van der Waals surface area contributed by atoms with Crippen LogP contribution in [0.1, 0.15) is 38.5 Å². The standard InChI is InChI=1S/C19H35N5O5S2/c1-31-10-7-14(23-16(25)12-6-4-9-21-12)18(27)22-13(5-2-3-8-20)17(26)24-15(11-30)19(28)29/h12-15,21,30H,2-11,20H2,1H3,(H,22,27)(H,23,25)(H,24,26)(H,28,29). The van der Waals surface area contributed by atoms with Gasteiger partial charge in [0.15, 0.2) is 0 Å². The Morgan fingerprint density at radius 3 is 2.26 bits per heavy atom. The predicted molar refractivity (Wildman–Crippen MR) is 124 cm³/mol. The van der Waals surface area contributed by atoms with E-state index in [0.717, 1.165) is 13.0 Å². The van der Waals surface area contributed by atoms with E-state index >= 15 is 0 Å². The molecule has 1 saturated heterocycles. The van der Waals surface area contributed by atoms with Crippen molar-refractivity contribution in [3.8, 4) is 0 Å². The Morgan fingerprint density at radius 2 is 1.74 bits per heavy atom. The van der Waals surface area contributed by atoms with Gasteiger partial charge in [-0.1, -0.05) is 0 Å². The van der Waals surface area contributed by atoms with Crippen molar-refractivity contribution in [2.24, 2.45) is 5.73 Å². The molecule has 4 atom stereocenters. The van der Waals surface area contributed by atoms with Gasteiger partial charge in [0.25, 0.3) is 0 Å². The van der Waals surface area contributed by atoms with Crippen LogP contribution < -0.4 is 27.0 Å². The van der Waals surface area contributed by atoms with Crippen molar-refractivity contribution in [1.29, 1.82) is 0 Å². The number of carboxylic acid groups (broad SMARTS) is 1. The topological polar surface area (TPSA) is 163 Å². The molecule has 1 aliphatic heterocycles. The van der Waals surface area contributed by atoms with Crippen LogP contribution in [0.25, 0.3) is 0 Å². The Morgan fingerprint density at radius 1 is 1.10 bits per heavy atom. The Balaban J connectivity index is 2.84. The van der Waals surface area contributed by atoms with Gasteiger partial charge in [-0.25, -0.2) is 4.79 Å². The maximum absolute atomic E-state index is 12.9. The van der Waals surface area contributed by atoms with Crippen LogP contribution in [0.2, 0.25) is 0 Å². The monoisotopic (exact) mass is 477 g/mol. The highest BCUT2D eigenvalue weighted by Gasteiger charge is 2.30. The van der Waals surface area contributed by atoms with Gasteiger partial charge >= 0.3 is 5.97 Å². The summed E-state index contributed by atoms with van der Waals surface area (Å²) in [5.41, 5.74) is 5.52. The molecule has 0 aromatic rings. The number of rotatable bonds is 15. The van der Waals surface area contributed by atoms with Gasteiger partial charge in [0.05, 0.1) is 6.04 Å². The van der Waals surface area contributed by atoms with Gasteiger partial charge < -0.3 is 32.1 Å². The summed E-state index contributed by atoms with van der Waals surface area (Å²) in [7, 11) is 0. The van der Waals surface area contributed by atoms with Crippen LogP contribution in [0, 0.1) is 0 Å². The quantitative estimate of drug-likeness (QED) is 0.118. The third kappa shape index (κ3) is 10.1. The Labute approximate surface area is 193 Å². The van der Waals surface area contributed by atoms with E-state index in [-0.39, 0.29) is 17.7 Å². The minimum atomic E-state index is -1.20. The molecule has 31 heavy (non-hydrogen) atoms. The summed E-state index contributed by atoms with van der Waals surface area (Å²) in [5.74, 6) is -1.93. The second-order valence-electron chi connectivity index (χ2n) is 7.42. The highest BCUT2D eigenvalue weighted by molar-refractivity contribution is 7.98. The van der Waals surface area contributed by atoms with Crippen LogP contribution in [0.15, 0.2) is 0 Å². The zero-order valence-electron chi connectivity index (χ0n) is 17.9. The van der Waals surface area contributed by atoms with E-state index in [1.165, 1.54) is 0 Å². The van der Waals surface area contributed by atoms with Crippen molar-refractivity contribution in [3.05, 3.63) is 0 Å². The van der Waals surface area contributed by atoms with Crippen LogP contribution in [0.4, 0.5) is 0 Å². The number of hydrogen-bond acceptors (Lipinski definition) is 8. The van der Waals surface area contributed by atoms with Crippen molar-refractivity contribution in [1.82, 2.24) is 21.3 Å². The fourth-order valence-electron chi connectivity index (χ4n) is 3.18. The summed E-state index contributed by atoms with van der Waals surface area (Å²) < 4.78 is 0. The molecule has 3 amide bonds. The highest BCUT2D eigenvalue weighted by Crippen LogP contribution is 2.09. The van der Waals surface area contributed by atoms with Gasteiger partial charge in [0.1, 0.15) is 18.1 Å². The first-order valence-corrected chi connectivity index (χ1v) is 12.5. The molecule has 4 unspecified atom stereocenters. The number of nitrogens with two attached hydrogens (primary N) is 1. The smallest absolute Gasteiger partial charge is 0.327 e. The van der Waals surface area contributed by atoms with E-state index < -0.39 is 35.9 Å².